The first kappa shape index (κ1) is 9.73. The Morgan fingerprint density at radius 3 is 3.14 bits per heavy atom. The van der Waals surface area contributed by atoms with E-state index < -0.39 is 0 Å². The second-order valence-electron chi connectivity index (χ2n) is 2.73. The molecule has 0 bridgehead atoms. The molecule has 0 saturated heterocycles. The second-order valence-corrected chi connectivity index (χ2v) is 4.46. The number of hydrogen-bond acceptors (Lipinski definition) is 3. The van der Waals surface area contributed by atoms with Gasteiger partial charge in [-0.05, 0) is 28.9 Å². The summed E-state index contributed by atoms with van der Waals surface area (Å²) < 4.78 is 5.89. The fourth-order valence-electron chi connectivity index (χ4n) is 1.20. The molecule has 0 aromatic carbocycles. The first-order chi connectivity index (χ1) is 6.72. The van der Waals surface area contributed by atoms with Crippen LogP contribution in [0.3, 0.4) is 0 Å². The van der Waals surface area contributed by atoms with Crippen molar-refractivity contribution in [1.82, 2.24) is 4.98 Å². The van der Waals surface area contributed by atoms with Crippen LogP contribution in [0.15, 0.2) is 15.9 Å². The Labute approximate surface area is 93.2 Å². The summed E-state index contributed by atoms with van der Waals surface area (Å²) in [6.45, 7) is 2.19. The van der Waals surface area contributed by atoms with E-state index >= 15 is 0 Å². The summed E-state index contributed by atoms with van der Waals surface area (Å²) in [5.74, 6) is -0.303. The number of H-pyrrole nitrogens is 1. The molecule has 5 heteroatoms. The van der Waals surface area contributed by atoms with Gasteiger partial charge in [-0.25, -0.2) is 4.79 Å². The van der Waals surface area contributed by atoms with Crippen LogP contribution in [0.5, 0.6) is 0 Å². The molecule has 0 aliphatic heterocycles. The van der Waals surface area contributed by atoms with Crippen LogP contribution in [0.1, 0.15) is 17.4 Å². The van der Waals surface area contributed by atoms with Crippen molar-refractivity contribution in [3.8, 4) is 0 Å². The van der Waals surface area contributed by atoms with Crippen LogP contribution in [-0.2, 0) is 4.74 Å². The average molecular weight is 274 g/mol. The third kappa shape index (κ3) is 1.57. The number of ether oxygens (including phenoxy) is 1. The van der Waals surface area contributed by atoms with Gasteiger partial charge in [0, 0.05) is 15.2 Å². The Kier molecular flexibility index (Phi) is 2.60. The molecule has 0 aliphatic rings. The molecule has 2 rings (SSSR count). The Hall–Kier alpha value is -0.810. The van der Waals surface area contributed by atoms with E-state index in [4.69, 9.17) is 4.74 Å². The molecule has 0 saturated carbocycles. The van der Waals surface area contributed by atoms with Gasteiger partial charge in [0.25, 0.3) is 0 Å². The number of thiophene rings is 1. The fourth-order valence-corrected chi connectivity index (χ4v) is 2.74. The quantitative estimate of drug-likeness (QED) is 0.855. The SMILES string of the molecule is CCOC(=O)c1cc2c(Br)csc2[nH]1. The smallest absolute Gasteiger partial charge is 0.354 e. The standard InChI is InChI=1S/C9H8BrNO2S/c1-2-13-9(12)7-3-5-6(10)4-14-8(5)11-7/h3-4,11H,2H2,1H3. The number of aromatic nitrogens is 1. The van der Waals surface area contributed by atoms with Crippen molar-refractivity contribution in [2.75, 3.05) is 6.61 Å². The highest BCUT2D eigenvalue weighted by atomic mass is 79.9. The van der Waals surface area contributed by atoms with Gasteiger partial charge in [0.2, 0.25) is 0 Å². The Morgan fingerprint density at radius 1 is 1.71 bits per heavy atom. The van der Waals surface area contributed by atoms with Gasteiger partial charge in [0.1, 0.15) is 10.5 Å². The number of carbonyl (C=O) groups excluding carboxylic acids is 1. The van der Waals surface area contributed by atoms with Crippen molar-refractivity contribution < 1.29 is 9.53 Å². The lowest BCUT2D eigenvalue weighted by molar-refractivity contribution is 0.0520. The molecule has 1 N–H and O–H groups in total. The van der Waals surface area contributed by atoms with Crippen LogP contribution < -0.4 is 0 Å². The summed E-state index contributed by atoms with van der Waals surface area (Å²) in [4.78, 5) is 15.4. The van der Waals surface area contributed by atoms with Gasteiger partial charge in [0.05, 0.1) is 6.61 Å². The van der Waals surface area contributed by atoms with Crippen LogP contribution in [-0.4, -0.2) is 17.6 Å². The van der Waals surface area contributed by atoms with Crippen LogP contribution in [0.4, 0.5) is 0 Å². The summed E-state index contributed by atoms with van der Waals surface area (Å²) in [6.07, 6.45) is 0. The molecule has 2 aromatic heterocycles. The number of nitrogens with one attached hydrogen (secondary N) is 1. The largest absolute Gasteiger partial charge is 0.461 e. The minimum atomic E-state index is -0.303. The lowest BCUT2D eigenvalue weighted by Crippen LogP contribution is -2.04. The van der Waals surface area contributed by atoms with E-state index in [1.54, 1.807) is 24.3 Å². The molecule has 0 fully saturated rings. The zero-order chi connectivity index (χ0) is 10.1. The molecule has 74 valence electrons. The first-order valence-electron chi connectivity index (χ1n) is 4.15. The van der Waals surface area contributed by atoms with Gasteiger partial charge in [-0.15, -0.1) is 11.3 Å². The van der Waals surface area contributed by atoms with Crippen molar-refractivity contribution in [2.24, 2.45) is 0 Å². The van der Waals surface area contributed by atoms with E-state index in [1.165, 1.54) is 0 Å². The lowest BCUT2D eigenvalue weighted by Gasteiger charge is -1.96. The minimum Gasteiger partial charge on any atom is -0.461 e. The predicted molar refractivity (Wildman–Crippen MR) is 59.8 cm³/mol. The third-order valence-electron chi connectivity index (χ3n) is 1.81. The van der Waals surface area contributed by atoms with E-state index in [2.05, 4.69) is 20.9 Å². The molecule has 0 radical (unpaired) electrons. The van der Waals surface area contributed by atoms with E-state index in [0.717, 1.165) is 14.7 Å². The molecule has 14 heavy (non-hydrogen) atoms. The lowest BCUT2D eigenvalue weighted by atomic mass is 10.3. The highest BCUT2D eigenvalue weighted by Crippen LogP contribution is 2.30. The van der Waals surface area contributed by atoms with Crippen LogP contribution in [0.25, 0.3) is 10.2 Å². The molecule has 0 unspecified atom stereocenters. The topological polar surface area (TPSA) is 42.1 Å². The van der Waals surface area contributed by atoms with Crippen LogP contribution >= 0.6 is 27.3 Å². The van der Waals surface area contributed by atoms with Crippen LogP contribution in [0.2, 0.25) is 0 Å². The van der Waals surface area contributed by atoms with E-state index in [9.17, 15) is 4.79 Å². The van der Waals surface area contributed by atoms with Crippen molar-refractivity contribution in [2.45, 2.75) is 6.92 Å². The molecule has 0 spiro atoms. The maximum atomic E-state index is 11.4. The zero-order valence-corrected chi connectivity index (χ0v) is 9.87. The summed E-state index contributed by atoms with van der Waals surface area (Å²) >= 11 is 4.97. The van der Waals surface area contributed by atoms with Gasteiger partial charge in [-0.2, -0.15) is 0 Å². The monoisotopic (exact) mass is 273 g/mol. The van der Waals surface area contributed by atoms with Crippen molar-refractivity contribution in [1.29, 1.82) is 0 Å². The summed E-state index contributed by atoms with van der Waals surface area (Å²) in [5.41, 5.74) is 0.509. The number of rotatable bonds is 2. The van der Waals surface area contributed by atoms with Gasteiger partial charge < -0.3 is 9.72 Å². The number of hydrogen-bond donors (Lipinski definition) is 1. The predicted octanol–water partition coefficient (Wildman–Crippen LogP) is 3.17. The highest BCUT2D eigenvalue weighted by Gasteiger charge is 2.12. The summed E-state index contributed by atoms with van der Waals surface area (Å²) in [6, 6.07) is 1.80. The van der Waals surface area contributed by atoms with Crippen molar-refractivity contribution >= 4 is 43.5 Å². The zero-order valence-electron chi connectivity index (χ0n) is 7.46. The third-order valence-corrected chi connectivity index (χ3v) is 3.68. The normalized spacial score (nSPS) is 10.7. The molecular formula is C9H8BrNO2S. The second kappa shape index (κ2) is 3.74. The summed E-state index contributed by atoms with van der Waals surface area (Å²) in [5, 5.41) is 3.01. The van der Waals surface area contributed by atoms with Gasteiger partial charge >= 0.3 is 5.97 Å². The Bertz CT molecular complexity index is 474. The number of halogens is 1. The Morgan fingerprint density at radius 2 is 2.50 bits per heavy atom. The fraction of sp³-hybridized carbons (Fsp3) is 0.222. The molecule has 0 atom stereocenters. The summed E-state index contributed by atoms with van der Waals surface area (Å²) in [7, 11) is 0. The highest BCUT2D eigenvalue weighted by molar-refractivity contribution is 9.10. The minimum absolute atomic E-state index is 0.303. The molecule has 0 aliphatic carbocycles. The average Bonchev–Trinajstić information content (AvgIpc) is 2.69. The molecule has 3 nitrogen and oxygen atoms in total. The molecule has 2 aromatic rings. The molecular weight excluding hydrogens is 266 g/mol. The van der Waals surface area contributed by atoms with Gasteiger partial charge in [0.15, 0.2) is 0 Å². The van der Waals surface area contributed by atoms with Crippen LogP contribution in [0, 0.1) is 0 Å². The van der Waals surface area contributed by atoms with Gasteiger partial charge in [-0.3, -0.25) is 0 Å². The number of carbonyl (C=O) groups is 1. The maximum absolute atomic E-state index is 11.4. The van der Waals surface area contributed by atoms with E-state index in [1.807, 2.05) is 5.38 Å². The molecule has 0 amide bonds. The van der Waals surface area contributed by atoms with E-state index in [0.29, 0.717) is 12.3 Å². The number of fused-ring (bicyclic) bond motifs is 1. The number of esters is 1. The first-order valence-corrected chi connectivity index (χ1v) is 5.82. The van der Waals surface area contributed by atoms with E-state index in [-0.39, 0.29) is 5.97 Å². The molecule has 2 heterocycles. The van der Waals surface area contributed by atoms with Crippen molar-refractivity contribution in [3.05, 3.63) is 21.6 Å². The number of aromatic amines is 1. The van der Waals surface area contributed by atoms with Crippen molar-refractivity contribution in [3.63, 3.8) is 0 Å². The van der Waals surface area contributed by atoms with Gasteiger partial charge in [-0.1, -0.05) is 0 Å². The maximum Gasteiger partial charge on any atom is 0.354 e. The Balaban J connectivity index is 2.40.